The summed E-state index contributed by atoms with van der Waals surface area (Å²) in [5, 5.41) is 8.09. The third-order valence-electron chi connectivity index (χ3n) is 4.97. The lowest BCUT2D eigenvalue weighted by molar-refractivity contribution is 0.105. The molecule has 1 aliphatic heterocycles. The number of hydrogen-bond acceptors (Lipinski definition) is 7. The Hall–Kier alpha value is -2.51. The van der Waals surface area contributed by atoms with Gasteiger partial charge in [-0.15, -0.1) is 0 Å². The Kier molecular flexibility index (Phi) is 5.31. The minimum atomic E-state index is 0.659. The molecule has 1 saturated heterocycles. The van der Waals surface area contributed by atoms with Gasteiger partial charge < -0.3 is 9.05 Å². The molecule has 7 nitrogen and oxygen atoms in total. The average Bonchev–Trinajstić information content (AvgIpc) is 3.32. The Bertz CT molecular complexity index is 863. The van der Waals surface area contributed by atoms with Gasteiger partial charge in [-0.05, 0) is 18.9 Å². The van der Waals surface area contributed by atoms with Crippen molar-refractivity contribution in [3.05, 3.63) is 53.2 Å². The van der Waals surface area contributed by atoms with E-state index in [1.54, 1.807) is 0 Å². The molecule has 0 radical (unpaired) electrons. The molecule has 0 bridgehead atoms. The first-order chi connectivity index (χ1) is 13.2. The van der Waals surface area contributed by atoms with Crippen LogP contribution in [0.5, 0.6) is 0 Å². The van der Waals surface area contributed by atoms with Crippen LogP contribution in [0.2, 0.25) is 0 Å². The Morgan fingerprint density at radius 3 is 2.26 bits per heavy atom. The standard InChI is InChI=1S/C20H25N5O2/c1-3-16-4-6-17(7-5-16)20-21-19(27-23-20)14-25-10-8-24(9-11-25)13-18-12-15(2)22-26-18/h4-7,12H,3,8-11,13-14H2,1-2H3. The second-order valence-electron chi connectivity index (χ2n) is 7.05. The second-order valence-corrected chi connectivity index (χ2v) is 7.05. The first-order valence-electron chi connectivity index (χ1n) is 9.48. The fraction of sp³-hybridized carbons (Fsp3) is 0.450. The summed E-state index contributed by atoms with van der Waals surface area (Å²) in [6.45, 7) is 9.50. The summed E-state index contributed by atoms with van der Waals surface area (Å²) >= 11 is 0. The molecule has 0 atom stereocenters. The molecule has 1 fully saturated rings. The van der Waals surface area contributed by atoms with E-state index in [-0.39, 0.29) is 0 Å². The number of benzene rings is 1. The summed E-state index contributed by atoms with van der Waals surface area (Å²) in [6.07, 6.45) is 1.03. The summed E-state index contributed by atoms with van der Waals surface area (Å²) < 4.78 is 10.8. The van der Waals surface area contributed by atoms with Crippen molar-refractivity contribution < 1.29 is 9.05 Å². The van der Waals surface area contributed by atoms with E-state index in [4.69, 9.17) is 9.05 Å². The summed E-state index contributed by atoms with van der Waals surface area (Å²) in [4.78, 5) is 9.29. The number of aromatic nitrogens is 3. The fourth-order valence-electron chi connectivity index (χ4n) is 3.33. The first kappa shape index (κ1) is 17.9. The van der Waals surface area contributed by atoms with Crippen LogP contribution in [0, 0.1) is 6.92 Å². The van der Waals surface area contributed by atoms with E-state index in [1.165, 1.54) is 5.56 Å². The van der Waals surface area contributed by atoms with E-state index in [0.717, 1.165) is 56.2 Å². The van der Waals surface area contributed by atoms with Crippen molar-refractivity contribution in [2.45, 2.75) is 33.4 Å². The van der Waals surface area contributed by atoms with Crippen LogP contribution in [0.15, 0.2) is 39.4 Å². The highest BCUT2D eigenvalue weighted by Crippen LogP contribution is 2.18. The van der Waals surface area contributed by atoms with Crippen LogP contribution < -0.4 is 0 Å². The highest BCUT2D eigenvalue weighted by Gasteiger charge is 2.20. The van der Waals surface area contributed by atoms with Crippen molar-refractivity contribution in [1.29, 1.82) is 0 Å². The topological polar surface area (TPSA) is 71.4 Å². The molecule has 27 heavy (non-hydrogen) atoms. The van der Waals surface area contributed by atoms with Crippen LogP contribution >= 0.6 is 0 Å². The van der Waals surface area contributed by atoms with Crippen molar-refractivity contribution in [3.63, 3.8) is 0 Å². The van der Waals surface area contributed by atoms with Gasteiger partial charge in [-0.3, -0.25) is 9.80 Å². The molecule has 1 aromatic carbocycles. The van der Waals surface area contributed by atoms with E-state index in [2.05, 4.69) is 56.3 Å². The van der Waals surface area contributed by atoms with Crippen LogP contribution in [0.1, 0.15) is 29.8 Å². The maximum Gasteiger partial charge on any atom is 0.241 e. The molecule has 7 heteroatoms. The Labute approximate surface area is 158 Å². The number of hydrogen-bond donors (Lipinski definition) is 0. The van der Waals surface area contributed by atoms with Gasteiger partial charge in [-0.2, -0.15) is 4.98 Å². The maximum atomic E-state index is 5.46. The lowest BCUT2D eigenvalue weighted by Crippen LogP contribution is -2.45. The van der Waals surface area contributed by atoms with Crippen molar-refractivity contribution in [1.82, 2.24) is 25.1 Å². The smallest absolute Gasteiger partial charge is 0.241 e. The second kappa shape index (κ2) is 8.02. The van der Waals surface area contributed by atoms with Crippen LogP contribution in [-0.4, -0.2) is 51.3 Å². The van der Waals surface area contributed by atoms with E-state index < -0.39 is 0 Å². The number of rotatable bonds is 6. The zero-order chi connectivity index (χ0) is 18.6. The zero-order valence-electron chi connectivity index (χ0n) is 15.9. The number of piperazine rings is 1. The molecule has 142 valence electrons. The SMILES string of the molecule is CCc1ccc(-c2noc(CN3CCN(Cc4cc(C)no4)CC3)n2)cc1. The third kappa shape index (κ3) is 4.43. The summed E-state index contributed by atoms with van der Waals surface area (Å²) in [7, 11) is 0. The maximum absolute atomic E-state index is 5.46. The number of nitrogens with zero attached hydrogens (tertiary/aromatic N) is 5. The molecule has 1 aliphatic rings. The molecule has 4 rings (SSSR count). The number of aryl methyl sites for hydroxylation is 2. The van der Waals surface area contributed by atoms with Gasteiger partial charge in [-0.1, -0.05) is 41.5 Å². The average molecular weight is 367 g/mol. The fourth-order valence-corrected chi connectivity index (χ4v) is 3.33. The van der Waals surface area contributed by atoms with Crippen molar-refractivity contribution in [2.75, 3.05) is 26.2 Å². The van der Waals surface area contributed by atoms with Gasteiger partial charge in [0, 0.05) is 37.8 Å². The largest absolute Gasteiger partial charge is 0.360 e. The minimum absolute atomic E-state index is 0.659. The molecule has 0 N–H and O–H groups in total. The molecule has 3 aromatic rings. The Morgan fingerprint density at radius 2 is 1.63 bits per heavy atom. The van der Waals surface area contributed by atoms with E-state index >= 15 is 0 Å². The molecule has 0 amide bonds. The Balaban J connectivity index is 1.29. The van der Waals surface area contributed by atoms with E-state index in [0.29, 0.717) is 18.3 Å². The van der Waals surface area contributed by atoms with Crippen LogP contribution in [0.25, 0.3) is 11.4 Å². The monoisotopic (exact) mass is 367 g/mol. The van der Waals surface area contributed by atoms with E-state index in [9.17, 15) is 0 Å². The van der Waals surface area contributed by atoms with Gasteiger partial charge in [0.1, 0.15) is 0 Å². The molecule has 0 saturated carbocycles. The summed E-state index contributed by atoms with van der Waals surface area (Å²) in [5.41, 5.74) is 3.23. The van der Waals surface area contributed by atoms with Crippen LogP contribution in [-0.2, 0) is 19.5 Å². The molecular formula is C20H25N5O2. The van der Waals surface area contributed by atoms with Crippen LogP contribution in [0.4, 0.5) is 0 Å². The molecule has 3 heterocycles. The van der Waals surface area contributed by atoms with Gasteiger partial charge >= 0.3 is 0 Å². The molecule has 0 spiro atoms. The van der Waals surface area contributed by atoms with Gasteiger partial charge in [-0.25, -0.2) is 0 Å². The molecular weight excluding hydrogens is 342 g/mol. The quantitative estimate of drug-likeness (QED) is 0.663. The summed E-state index contributed by atoms with van der Waals surface area (Å²) in [6, 6.07) is 10.3. The van der Waals surface area contributed by atoms with E-state index in [1.807, 2.05) is 13.0 Å². The molecule has 0 unspecified atom stereocenters. The minimum Gasteiger partial charge on any atom is -0.360 e. The van der Waals surface area contributed by atoms with Gasteiger partial charge in [0.05, 0.1) is 18.8 Å². The molecule has 0 aliphatic carbocycles. The normalized spacial score (nSPS) is 16.1. The zero-order valence-corrected chi connectivity index (χ0v) is 15.9. The van der Waals surface area contributed by atoms with Gasteiger partial charge in [0.15, 0.2) is 5.76 Å². The van der Waals surface area contributed by atoms with Crippen LogP contribution in [0.3, 0.4) is 0 Å². The lowest BCUT2D eigenvalue weighted by atomic mass is 10.1. The highest BCUT2D eigenvalue weighted by atomic mass is 16.5. The lowest BCUT2D eigenvalue weighted by Gasteiger charge is -2.33. The van der Waals surface area contributed by atoms with Gasteiger partial charge in [0.2, 0.25) is 11.7 Å². The predicted octanol–water partition coefficient (Wildman–Crippen LogP) is 2.91. The molecule has 2 aromatic heterocycles. The Morgan fingerprint density at radius 1 is 0.926 bits per heavy atom. The van der Waals surface area contributed by atoms with Crippen molar-refractivity contribution in [2.24, 2.45) is 0 Å². The summed E-state index contributed by atoms with van der Waals surface area (Å²) in [5.74, 6) is 2.26. The van der Waals surface area contributed by atoms with Gasteiger partial charge in [0.25, 0.3) is 0 Å². The highest BCUT2D eigenvalue weighted by molar-refractivity contribution is 5.54. The third-order valence-corrected chi connectivity index (χ3v) is 4.97. The predicted molar refractivity (Wildman–Crippen MR) is 101 cm³/mol. The van der Waals surface area contributed by atoms with Crippen molar-refractivity contribution in [3.8, 4) is 11.4 Å². The first-order valence-corrected chi connectivity index (χ1v) is 9.48. The van der Waals surface area contributed by atoms with Crippen molar-refractivity contribution >= 4 is 0 Å².